The van der Waals surface area contributed by atoms with Gasteiger partial charge in [-0.05, 0) is 49.7 Å². The van der Waals surface area contributed by atoms with Crippen molar-refractivity contribution in [2.45, 2.75) is 85.8 Å². The predicted molar refractivity (Wildman–Crippen MR) is 120 cm³/mol. The summed E-state index contributed by atoms with van der Waals surface area (Å²) in [5, 5.41) is 8.77. The number of para-hydroxylation sites is 1. The van der Waals surface area contributed by atoms with Crippen molar-refractivity contribution < 1.29 is 14.3 Å². The average molecular weight is 406 g/mol. The third kappa shape index (κ3) is 8.34. The third-order valence-corrected chi connectivity index (χ3v) is 4.60. The highest BCUT2D eigenvalue weighted by Gasteiger charge is 2.22. The summed E-state index contributed by atoms with van der Waals surface area (Å²) in [5.41, 5.74) is 2.53. The molecule has 0 aromatic heterocycles. The molecule has 0 spiro atoms. The maximum absolute atomic E-state index is 12.6. The second-order valence-electron chi connectivity index (χ2n) is 9.45. The van der Waals surface area contributed by atoms with E-state index < -0.39 is 11.7 Å². The molecule has 0 radical (unpaired) electrons. The van der Waals surface area contributed by atoms with Gasteiger partial charge in [0.05, 0.1) is 6.04 Å². The van der Waals surface area contributed by atoms with Crippen molar-refractivity contribution in [3.63, 3.8) is 0 Å². The first kappa shape index (κ1) is 24.8. The number of urea groups is 1. The minimum atomic E-state index is -0.565. The maximum Gasteiger partial charge on any atom is 0.407 e. The molecule has 3 N–H and O–H groups in total. The molecule has 0 aliphatic heterocycles. The van der Waals surface area contributed by atoms with E-state index >= 15 is 0 Å². The summed E-state index contributed by atoms with van der Waals surface area (Å²) in [6.07, 6.45) is -0.481. The Kier molecular flexibility index (Phi) is 8.99. The van der Waals surface area contributed by atoms with Crippen molar-refractivity contribution in [1.82, 2.24) is 10.6 Å². The van der Waals surface area contributed by atoms with Crippen LogP contribution in [0, 0.1) is 5.92 Å². The van der Waals surface area contributed by atoms with Gasteiger partial charge in [0.15, 0.2) is 0 Å². The molecule has 0 heterocycles. The number of carbonyl (C=O) groups excluding carboxylic acids is 2. The quantitative estimate of drug-likeness (QED) is 0.552. The lowest BCUT2D eigenvalue weighted by molar-refractivity contribution is 0.0490. The minimum absolute atomic E-state index is 0.136. The normalized spacial score (nSPS) is 12.8. The fourth-order valence-corrected chi connectivity index (χ4v) is 2.97. The number of benzene rings is 1. The molecule has 1 rings (SSSR count). The summed E-state index contributed by atoms with van der Waals surface area (Å²) in [4.78, 5) is 24.7. The van der Waals surface area contributed by atoms with Gasteiger partial charge in [0.2, 0.25) is 0 Å². The summed E-state index contributed by atoms with van der Waals surface area (Å²) in [7, 11) is 0. The first-order valence-electron chi connectivity index (χ1n) is 10.5. The van der Waals surface area contributed by atoms with Crippen LogP contribution in [-0.4, -0.2) is 30.3 Å². The fraction of sp³-hybridized carbons (Fsp3) is 0.652. The number of alkyl carbamates (subject to hydrolysis) is 1. The average Bonchev–Trinajstić information content (AvgIpc) is 2.56. The number of amides is 3. The lowest BCUT2D eigenvalue weighted by atomic mass is 9.93. The van der Waals surface area contributed by atoms with Crippen LogP contribution in [0.15, 0.2) is 18.2 Å². The topological polar surface area (TPSA) is 79.5 Å². The second-order valence-corrected chi connectivity index (χ2v) is 9.45. The van der Waals surface area contributed by atoms with Crippen molar-refractivity contribution in [2.24, 2.45) is 5.92 Å². The SMILES string of the molecule is CC(C)c1cccc(C(C)C)c1NC(=O)NC[C@@H](NC(=O)OC(C)(C)C)C(C)C. The Morgan fingerprint density at radius 2 is 1.48 bits per heavy atom. The molecule has 6 heteroatoms. The Labute approximate surface area is 176 Å². The molecule has 3 amide bonds. The summed E-state index contributed by atoms with van der Waals surface area (Å²) in [6, 6.07) is 5.62. The van der Waals surface area contributed by atoms with Crippen LogP contribution in [0.1, 0.15) is 85.3 Å². The molecule has 0 unspecified atom stereocenters. The molecule has 1 aromatic rings. The summed E-state index contributed by atoms with van der Waals surface area (Å²) < 4.78 is 5.33. The Morgan fingerprint density at radius 1 is 0.966 bits per heavy atom. The van der Waals surface area contributed by atoms with E-state index in [0.717, 1.165) is 16.8 Å². The van der Waals surface area contributed by atoms with E-state index in [1.807, 2.05) is 52.8 Å². The van der Waals surface area contributed by atoms with Gasteiger partial charge in [-0.25, -0.2) is 9.59 Å². The zero-order valence-electron chi connectivity index (χ0n) is 19.5. The van der Waals surface area contributed by atoms with Crippen molar-refractivity contribution >= 4 is 17.8 Å². The van der Waals surface area contributed by atoms with E-state index in [0.29, 0.717) is 18.4 Å². The van der Waals surface area contributed by atoms with Gasteiger partial charge in [-0.2, -0.15) is 0 Å². The molecule has 0 aliphatic rings. The van der Waals surface area contributed by atoms with Gasteiger partial charge in [-0.15, -0.1) is 0 Å². The van der Waals surface area contributed by atoms with Gasteiger partial charge in [0, 0.05) is 12.2 Å². The monoisotopic (exact) mass is 405 g/mol. The van der Waals surface area contributed by atoms with Crippen molar-refractivity contribution in [3.05, 3.63) is 29.3 Å². The number of hydrogen-bond donors (Lipinski definition) is 3. The smallest absolute Gasteiger partial charge is 0.407 e. The van der Waals surface area contributed by atoms with Crippen molar-refractivity contribution in [2.75, 3.05) is 11.9 Å². The van der Waals surface area contributed by atoms with E-state index in [1.165, 1.54) is 0 Å². The fourth-order valence-electron chi connectivity index (χ4n) is 2.97. The maximum atomic E-state index is 12.6. The van der Waals surface area contributed by atoms with Gasteiger partial charge in [-0.1, -0.05) is 59.7 Å². The van der Waals surface area contributed by atoms with Gasteiger partial charge in [0.25, 0.3) is 0 Å². The zero-order chi connectivity index (χ0) is 22.4. The van der Waals surface area contributed by atoms with Crippen LogP contribution in [0.3, 0.4) is 0 Å². The van der Waals surface area contributed by atoms with Crippen LogP contribution in [0.25, 0.3) is 0 Å². The zero-order valence-corrected chi connectivity index (χ0v) is 19.5. The molecule has 1 atom stereocenters. The van der Waals surface area contributed by atoms with E-state index in [2.05, 4.69) is 43.6 Å². The number of hydrogen-bond acceptors (Lipinski definition) is 3. The highest BCUT2D eigenvalue weighted by Crippen LogP contribution is 2.32. The lowest BCUT2D eigenvalue weighted by Crippen LogP contribution is -2.48. The van der Waals surface area contributed by atoms with Crippen LogP contribution in [0.2, 0.25) is 0 Å². The van der Waals surface area contributed by atoms with E-state index in [-0.39, 0.29) is 18.0 Å². The summed E-state index contributed by atoms with van der Waals surface area (Å²) >= 11 is 0. The highest BCUT2D eigenvalue weighted by atomic mass is 16.6. The van der Waals surface area contributed by atoms with Gasteiger partial charge in [0.1, 0.15) is 5.60 Å². The van der Waals surface area contributed by atoms with Crippen molar-refractivity contribution in [3.8, 4) is 0 Å². The van der Waals surface area contributed by atoms with Crippen LogP contribution in [-0.2, 0) is 4.74 Å². The number of nitrogens with one attached hydrogen (secondary N) is 3. The van der Waals surface area contributed by atoms with Crippen molar-refractivity contribution in [1.29, 1.82) is 0 Å². The minimum Gasteiger partial charge on any atom is -0.444 e. The van der Waals surface area contributed by atoms with Crippen LogP contribution in [0.5, 0.6) is 0 Å². The molecule has 0 saturated heterocycles. The first-order valence-corrected chi connectivity index (χ1v) is 10.5. The molecule has 0 fully saturated rings. The summed E-state index contributed by atoms with van der Waals surface area (Å²) in [5.74, 6) is 0.722. The summed E-state index contributed by atoms with van der Waals surface area (Å²) in [6.45, 7) is 18.2. The number of rotatable bonds is 7. The highest BCUT2D eigenvalue weighted by molar-refractivity contribution is 5.91. The Balaban J connectivity index is 2.82. The molecule has 29 heavy (non-hydrogen) atoms. The molecule has 0 aliphatic carbocycles. The van der Waals surface area contributed by atoms with Gasteiger partial charge < -0.3 is 20.7 Å². The molecular formula is C23H39N3O3. The van der Waals surface area contributed by atoms with E-state index in [9.17, 15) is 9.59 Å². The van der Waals surface area contributed by atoms with E-state index in [4.69, 9.17) is 4.74 Å². The predicted octanol–water partition coefficient (Wildman–Crippen LogP) is 5.60. The Morgan fingerprint density at radius 3 is 1.90 bits per heavy atom. The van der Waals surface area contributed by atoms with Crippen LogP contribution >= 0.6 is 0 Å². The molecule has 6 nitrogen and oxygen atoms in total. The molecule has 164 valence electrons. The molecule has 0 bridgehead atoms. The Hall–Kier alpha value is -2.24. The number of carbonyl (C=O) groups is 2. The molecule has 1 aromatic carbocycles. The largest absolute Gasteiger partial charge is 0.444 e. The Bertz CT molecular complexity index is 665. The van der Waals surface area contributed by atoms with Gasteiger partial charge >= 0.3 is 12.1 Å². The molecular weight excluding hydrogens is 366 g/mol. The number of ether oxygens (including phenoxy) is 1. The second kappa shape index (κ2) is 10.5. The lowest BCUT2D eigenvalue weighted by Gasteiger charge is -2.26. The van der Waals surface area contributed by atoms with E-state index in [1.54, 1.807) is 0 Å². The van der Waals surface area contributed by atoms with Crippen LogP contribution in [0.4, 0.5) is 15.3 Å². The molecule has 0 saturated carbocycles. The first-order chi connectivity index (χ1) is 13.3. The third-order valence-electron chi connectivity index (χ3n) is 4.60. The van der Waals surface area contributed by atoms with Crippen LogP contribution < -0.4 is 16.0 Å². The standard InChI is InChI=1S/C23H39N3O3/c1-14(2)17-11-10-12-18(15(3)4)20(17)26-21(27)24-13-19(16(5)6)25-22(28)29-23(7,8)9/h10-12,14-16,19H,13H2,1-9H3,(H,25,28)(H2,24,26,27)/t19-/m1/s1. The van der Waals surface area contributed by atoms with Gasteiger partial charge in [-0.3, -0.25) is 0 Å². The number of anilines is 1.